The quantitative estimate of drug-likeness (QED) is 0.136. The summed E-state index contributed by atoms with van der Waals surface area (Å²) >= 11 is 0. The predicted molar refractivity (Wildman–Crippen MR) is 142 cm³/mol. The Balaban J connectivity index is 0.00000544. The molecule has 0 spiro atoms. The van der Waals surface area contributed by atoms with Crippen LogP contribution in [0.3, 0.4) is 0 Å². The highest BCUT2D eigenvalue weighted by Crippen LogP contribution is 2.15. The maximum Gasteiger partial charge on any atom is 0.251 e. The number of rotatable bonds is 12. The highest BCUT2D eigenvalue weighted by Gasteiger charge is 2.07. The van der Waals surface area contributed by atoms with Gasteiger partial charge in [0.05, 0.1) is 19.2 Å². The summed E-state index contributed by atoms with van der Waals surface area (Å²) in [6, 6.07) is 17.2. The van der Waals surface area contributed by atoms with Gasteiger partial charge in [0.1, 0.15) is 0 Å². The van der Waals surface area contributed by atoms with Crippen LogP contribution in [0.25, 0.3) is 0 Å². The van der Waals surface area contributed by atoms with Crippen LogP contribution >= 0.6 is 24.0 Å². The zero-order chi connectivity index (χ0) is 23.2. The van der Waals surface area contributed by atoms with Crippen molar-refractivity contribution < 1.29 is 14.3 Å². The molecule has 1 atom stereocenters. The lowest BCUT2D eigenvalue weighted by molar-refractivity contribution is -0.117. The van der Waals surface area contributed by atoms with Crippen LogP contribution in [0.15, 0.2) is 59.6 Å². The summed E-state index contributed by atoms with van der Waals surface area (Å²) in [6.45, 7) is 6.52. The number of hydrogen-bond donors (Lipinski definition) is 4. The summed E-state index contributed by atoms with van der Waals surface area (Å²) in [7, 11) is 0. The van der Waals surface area contributed by atoms with Crippen LogP contribution in [-0.4, -0.2) is 44.0 Å². The number of aliphatic imine (C=N–C) groups is 1. The number of benzene rings is 2. The van der Waals surface area contributed by atoms with Gasteiger partial charge in [-0.1, -0.05) is 42.5 Å². The van der Waals surface area contributed by atoms with E-state index in [-0.39, 0.29) is 42.5 Å². The van der Waals surface area contributed by atoms with Crippen LogP contribution < -0.4 is 21.7 Å². The lowest BCUT2D eigenvalue weighted by atomic mass is 10.1. The molecule has 180 valence electrons. The maximum absolute atomic E-state index is 11.9. The number of carbonyl (C=O) groups is 2. The average Bonchev–Trinajstić information content (AvgIpc) is 2.81. The first-order chi connectivity index (χ1) is 15.5. The molecule has 0 saturated carbocycles. The number of nitrogens with one attached hydrogen (secondary N) is 3. The van der Waals surface area contributed by atoms with Gasteiger partial charge >= 0.3 is 0 Å². The zero-order valence-electron chi connectivity index (χ0n) is 19.2. The molecule has 0 heterocycles. The lowest BCUT2D eigenvalue weighted by Crippen LogP contribution is -2.38. The second-order valence-electron chi connectivity index (χ2n) is 7.25. The molecule has 0 fully saturated rings. The van der Waals surface area contributed by atoms with Gasteiger partial charge in [-0.3, -0.25) is 9.59 Å². The zero-order valence-corrected chi connectivity index (χ0v) is 21.5. The molecule has 9 heteroatoms. The molecule has 0 bridgehead atoms. The summed E-state index contributed by atoms with van der Waals surface area (Å²) in [5.41, 5.74) is 7.64. The molecule has 0 saturated heterocycles. The molecule has 5 N–H and O–H groups in total. The molecule has 8 nitrogen and oxygen atoms in total. The number of hydrogen-bond acceptors (Lipinski definition) is 4. The third kappa shape index (κ3) is 11.2. The Morgan fingerprint density at radius 1 is 1.03 bits per heavy atom. The van der Waals surface area contributed by atoms with E-state index in [1.54, 1.807) is 12.1 Å². The first-order valence-corrected chi connectivity index (χ1v) is 10.8. The minimum atomic E-state index is -0.579. The van der Waals surface area contributed by atoms with Gasteiger partial charge < -0.3 is 26.4 Å². The smallest absolute Gasteiger partial charge is 0.251 e. The van der Waals surface area contributed by atoms with Crippen molar-refractivity contribution in [1.29, 1.82) is 0 Å². The van der Waals surface area contributed by atoms with Crippen LogP contribution in [0.5, 0.6) is 0 Å². The van der Waals surface area contributed by atoms with Crippen molar-refractivity contribution in [2.75, 3.05) is 26.2 Å². The molecule has 0 aromatic heterocycles. The Morgan fingerprint density at radius 2 is 1.73 bits per heavy atom. The molecule has 0 radical (unpaired) electrons. The summed E-state index contributed by atoms with van der Waals surface area (Å²) in [5.74, 6) is -0.186. The SMILES string of the molecule is CCNC(=NCc1ccc(C(=O)NCC(N)=O)cc1)NCCCOC(C)c1ccccc1.I. The van der Waals surface area contributed by atoms with Gasteiger partial charge in [-0.15, -0.1) is 24.0 Å². The molecular formula is C24H34IN5O3. The van der Waals surface area contributed by atoms with Gasteiger partial charge in [-0.2, -0.15) is 0 Å². The largest absolute Gasteiger partial charge is 0.374 e. The number of primary amides is 1. The molecule has 0 aliphatic heterocycles. The van der Waals surface area contributed by atoms with Gasteiger partial charge in [-0.25, -0.2) is 4.99 Å². The Hall–Kier alpha value is -2.66. The van der Waals surface area contributed by atoms with Gasteiger partial charge in [0, 0.05) is 25.3 Å². The highest BCUT2D eigenvalue weighted by atomic mass is 127. The van der Waals surface area contributed by atoms with Gasteiger partial charge in [-0.05, 0) is 43.5 Å². The molecule has 0 aliphatic rings. The normalized spacial score (nSPS) is 11.8. The maximum atomic E-state index is 11.9. The molecule has 2 rings (SSSR count). The minimum Gasteiger partial charge on any atom is -0.374 e. The number of nitrogens with two attached hydrogens (primary N) is 1. The fourth-order valence-electron chi connectivity index (χ4n) is 2.90. The molecule has 2 aromatic carbocycles. The average molecular weight is 567 g/mol. The van der Waals surface area contributed by atoms with E-state index in [0.29, 0.717) is 18.7 Å². The van der Waals surface area contributed by atoms with E-state index in [2.05, 4.69) is 40.0 Å². The van der Waals surface area contributed by atoms with Crippen LogP contribution in [0.2, 0.25) is 0 Å². The Labute approximate surface area is 212 Å². The van der Waals surface area contributed by atoms with E-state index in [4.69, 9.17) is 10.5 Å². The van der Waals surface area contributed by atoms with Crippen molar-refractivity contribution >= 4 is 41.8 Å². The van der Waals surface area contributed by atoms with Crippen molar-refractivity contribution in [1.82, 2.24) is 16.0 Å². The number of amides is 2. The van der Waals surface area contributed by atoms with Gasteiger partial charge in [0.25, 0.3) is 5.91 Å². The minimum absolute atomic E-state index is 0. The van der Waals surface area contributed by atoms with E-state index >= 15 is 0 Å². The topological polar surface area (TPSA) is 118 Å². The molecule has 2 amide bonds. The van der Waals surface area contributed by atoms with Crippen LogP contribution in [0, 0.1) is 0 Å². The van der Waals surface area contributed by atoms with Crippen LogP contribution in [-0.2, 0) is 16.1 Å². The second-order valence-corrected chi connectivity index (χ2v) is 7.25. The molecule has 0 aliphatic carbocycles. The standard InChI is InChI=1S/C24H33N5O3.HI/c1-3-26-24(27-14-7-15-32-18(2)20-8-5-4-6-9-20)29-16-19-10-12-21(13-11-19)23(31)28-17-22(25)30;/h4-6,8-13,18H,3,7,14-17H2,1-2H3,(H2,25,30)(H,28,31)(H2,26,27,29);1H. The fraction of sp³-hybridized carbons (Fsp3) is 0.375. The fourth-order valence-corrected chi connectivity index (χ4v) is 2.90. The van der Waals surface area contributed by atoms with E-state index in [0.717, 1.165) is 31.0 Å². The number of nitrogens with zero attached hydrogens (tertiary/aromatic N) is 1. The van der Waals surface area contributed by atoms with E-state index in [1.165, 1.54) is 5.56 Å². The van der Waals surface area contributed by atoms with Gasteiger partial charge in [0.2, 0.25) is 5.91 Å². The molecule has 33 heavy (non-hydrogen) atoms. The first kappa shape index (κ1) is 28.4. The van der Waals surface area contributed by atoms with Crippen molar-refractivity contribution in [3.05, 3.63) is 71.3 Å². The van der Waals surface area contributed by atoms with E-state index < -0.39 is 5.91 Å². The second kappa shape index (κ2) is 16.0. The van der Waals surface area contributed by atoms with Crippen molar-refractivity contribution in [3.8, 4) is 0 Å². The lowest BCUT2D eigenvalue weighted by Gasteiger charge is -2.14. The van der Waals surface area contributed by atoms with Crippen molar-refractivity contribution in [3.63, 3.8) is 0 Å². The monoisotopic (exact) mass is 567 g/mol. The number of carbonyl (C=O) groups excluding carboxylic acids is 2. The van der Waals surface area contributed by atoms with Crippen LogP contribution in [0.4, 0.5) is 0 Å². The Morgan fingerprint density at radius 3 is 2.36 bits per heavy atom. The Kier molecular flexibility index (Phi) is 13.8. The first-order valence-electron chi connectivity index (χ1n) is 10.8. The number of ether oxygens (including phenoxy) is 1. The highest BCUT2D eigenvalue weighted by molar-refractivity contribution is 14.0. The molecule has 2 aromatic rings. The summed E-state index contributed by atoms with van der Waals surface area (Å²) < 4.78 is 5.90. The number of guanidine groups is 1. The number of halogens is 1. The predicted octanol–water partition coefficient (Wildman–Crippen LogP) is 2.74. The van der Waals surface area contributed by atoms with E-state index in [9.17, 15) is 9.59 Å². The van der Waals surface area contributed by atoms with Crippen molar-refractivity contribution in [2.45, 2.75) is 32.9 Å². The van der Waals surface area contributed by atoms with Crippen molar-refractivity contribution in [2.24, 2.45) is 10.7 Å². The summed E-state index contributed by atoms with van der Waals surface area (Å²) in [6.07, 6.45) is 0.926. The Bertz CT molecular complexity index is 875. The third-order valence-electron chi connectivity index (χ3n) is 4.65. The van der Waals surface area contributed by atoms with Gasteiger partial charge in [0.15, 0.2) is 5.96 Å². The summed E-state index contributed by atoms with van der Waals surface area (Å²) in [5, 5.41) is 9.00. The molecular weight excluding hydrogens is 533 g/mol. The van der Waals surface area contributed by atoms with E-state index in [1.807, 2.05) is 37.3 Å². The molecule has 1 unspecified atom stereocenters. The summed E-state index contributed by atoms with van der Waals surface area (Å²) in [4.78, 5) is 27.3. The third-order valence-corrected chi connectivity index (χ3v) is 4.65. The van der Waals surface area contributed by atoms with Crippen LogP contribution in [0.1, 0.15) is 47.9 Å².